The molecule has 0 unspecified atom stereocenters. The second-order valence-corrected chi connectivity index (χ2v) is 7.16. The van der Waals surface area contributed by atoms with E-state index >= 15 is 0 Å². The van der Waals surface area contributed by atoms with Crippen LogP contribution in [0.1, 0.15) is 19.8 Å². The third kappa shape index (κ3) is 5.65. The van der Waals surface area contributed by atoms with Crippen molar-refractivity contribution < 1.29 is 27.5 Å². The van der Waals surface area contributed by atoms with E-state index in [9.17, 15) is 0 Å². The van der Waals surface area contributed by atoms with Crippen molar-refractivity contribution in [2.24, 2.45) is 0 Å². The van der Waals surface area contributed by atoms with E-state index in [0.717, 1.165) is 0 Å². The van der Waals surface area contributed by atoms with Crippen molar-refractivity contribution in [1.29, 1.82) is 0 Å². The Balaban J connectivity index is 0.000000245. The maximum atomic E-state index is 4.69. The summed E-state index contributed by atoms with van der Waals surface area (Å²) in [5.41, 5.74) is 0. The first kappa shape index (κ1) is 13.2. The summed E-state index contributed by atoms with van der Waals surface area (Å²) in [5, 5.41) is 0. The molecule has 2 aliphatic rings. The van der Waals surface area contributed by atoms with Crippen molar-refractivity contribution in [3.8, 4) is 0 Å². The van der Waals surface area contributed by atoms with Crippen molar-refractivity contribution in [2.75, 3.05) is 6.61 Å². The quantitative estimate of drug-likeness (QED) is 0.767. The second-order valence-electron chi connectivity index (χ2n) is 3.17. The fourth-order valence-corrected chi connectivity index (χ4v) is 4.26. The molecule has 0 radical (unpaired) electrons. The molecule has 2 aliphatic carbocycles. The smallest absolute Gasteiger partial charge is 0.0654 e. The number of allylic oxidation sites excluding steroid dienone is 8. The summed E-state index contributed by atoms with van der Waals surface area (Å²) in [7, 11) is 0. The largest absolute Gasteiger partial charge is 0.280 e. The Morgan fingerprint density at radius 3 is 1.93 bits per heavy atom. The zero-order chi connectivity index (χ0) is 10.9. The monoisotopic (exact) mass is 300 g/mol. The first-order chi connectivity index (χ1) is 7.36. The van der Waals surface area contributed by atoms with E-state index in [1.165, 1.54) is 12.8 Å². The van der Waals surface area contributed by atoms with Crippen LogP contribution in [0.25, 0.3) is 0 Å². The molecule has 0 spiro atoms. The van der Waals surface area contributed by atoms with Gasteiger partial charge < -0.3 is 0 Å². The van der Waals surface area contributed by atoms with Gasteiger partial charge in [0.25, 0.3) is 0 Å². The van der Waals surface area contributed by atoms with Crippen LogP contribution in [-0.2, 0) is 27.5 Å². The van der Waals surface area contributed by atoms with Gasteiger partial charge in [-0.05, 0) is 6.92 Å². The summed E-state index contributed by atoms with van der Waals surface area (Å²) in [4.78, 5) is 0. The van der Waals surface area contributed by atoms with Crippen LogP contribution in [-0.4, -0.2) is 6.61 Å². The maximum Gasteiger partial charge on any atom is 0.0654 e. The average molecular weight is 302 g/mol. The van der Waals surface area contributed by atoms with E-state index in [4.69, 9.17) is 0 Å². The number of hydrogen-bond donors (Lipinski definition) is 0. The molecule has 0 N–H and O–H groups in total. The van der Waals surface area contributed by atoms with Crippen LogP contribution < -0.4 is 0 Å². The molecule has 0 saturated carbocycles. The zero-order valence-corrected chi connectivity index (χ0v) is 12.1. The second kappa shape index (κ2) is 8.27. The summed E-state index contributed by atoms with van der Waals surface area (Å²) in [6, 6.07) is 0. The fraction of sp³-hybridized carbons (Fsp3) is 0.333. The fourth-order valence-electron chi connectivity index (χ4n) is 1.29. The molecule has 0 fully saturated rings. The minimum absolute atomic E-state index is 0.312. The topological polar surface area (TPSA) is 9.23 Å². The van der Waals surface area contributed by atoms with Gasteiger partial charge in [-0.2, -0.15) is 0 Å². The van der Waals surface area contributed by atoms with Gasteiger partial charge in [0.1, 0.15) is 0 Å². The van der Waals surface area contributed by atoms with E-state index in [1.807, 2.05) is 6.92 Å². The number of rotatable bonds is 3. The summed E-state index contributed by atoms with van der Waals surface area (Å²) in [6.07, 6.45) is 16.0. The predicted octanol–water partition coefficient (Wildman–Crippen LogP) is 3.93. The van der Waals surface area contributed by atoms with E-state index in [2.05, 4.69) is 52.6 Å². The van der Waals surface area contributed by atoms with Crippen molar-refractivity contribution in [3.63, 3.8) is 0 Å². The third-order valence-corrected chi connectivity index (χ3v) is 5.59. The molecule has 0 atom stereocenters. The Labute approximate surface area is 108 Å². The van der Waals surface area contributed by atoms with Gasteiger partial charge in [-0.25, -0.2) is 0 Å². The van der Waals surface area contributed by atoms with Gasteiger partial charge in [-0.15, -0.1) is 0 Å². The number of halogens is 1. The molecule has 2 rings (SSSR count). The van der Waals surface area contributed by atoms with Crippen LogP contribution in [0.15, 0.2) is 43.0 Å². The van der Waals surface area contributed by atoms with E-state index in [1.54, 1.807) is 6.56 Å². The first-order valence-electron chi connectivity index (χ1n) is 5.08. The van der Waals surface area contributed by atoms with Gasteiger partial charge in [0.2, 0.25) is 0 Å². The third-order valence-electron chi connectivity index (χ3n) is 1.97. The SMILES string of the molecule is C1=CC[C]([Zr][C]2=CC=CC2)=C1.CCOCl. The maximum absolute atomic E-state index is 4.69. The molecule has 0 aromatic rings. The molecule has 1 nitrogen and oxygen atoms in total. The Hall–Kier alpha value is 0.0931. The molecule has 0 saturated heterocycles. The van der Waals surface area contributed by atoms with Crippen molar-refractivity contribution >= 4 is 11.9 Å². The van der Waals surface area contributed by atoms with Crippen LogP contribution in [0.3, 0.4) is 0 Å². The van der Waals surface area contributed by atoms with Gasteiger partial charge in [0, 0.05) is 0 Å². The van der Waals surface area contributed by atoms with Crippen LogP contribution >= 0.6 is 11.9 Å². The Morgan fingerprint density at radius 2 is 1.67 bits per heavy atom. The summed E-state index contributed by atoms with van der Waals surface area (Å²) >= 11 is 4.37. The molecule has 0 bridgehead atoms. The molecule has 0 aromatic carbocycles. The normalized spacial score (nSPS) is 16.9. The van der Waals surface area contributed by atoms with Gasteiger partial charge in [-0.1, -0.05) is 0 Å². The molecule has 80 valence electrons. The first-order valence-corrected chi connectivity index (χ1v) is 7.85. The summed E-state index contributed by atoms with van der Waals surface area (Å²) in [5.74, 6) is 0. The van der Waals surface area contributed by atoms with Gasteiger partial charge in [0.05, 0.1) is 18.5 Å². The minimum Gasteiger partial charge on any atom is -0.280 e. The van der Waals surface area contributed by atoms with Gasteiger partial charge in [0.15, 0.2) is 0 Å². The summed E-state index contributed by atoms with van der Waals surface area (Å²) in [6.45, 7) is 2.41. The minimum atomic E-state index is -0.312. The van der Waals surface area contributed by atoms with Crippen LogP contribution in [0.4, 0.5) is 0 Å². The molecular weight excluding hydrogens is 287 g/mol. The van der Waals surface area contributed by atoms with Crippen molar-refractivity contribution in [1.82, 2.24) is 0 Å². The van der Waals surface area contributed by atoms with E-state index in [0.29, 0.717) is 6.61 Å². The zero-order valence-electron chi connectivity index (χ0n) is 8.87. The standard InChI is InChI=1S/2C5H5.C2H5ClO.Zr/c2*1-2-4-5-3-1;1-2-4-3;/h2*1-3H,4H2;2H2,1H3;. The van der Waals surface area contributed by atoms with Gasteiger partial charge >= 0.3 is 79.1 Å². The Morgan fingerprint density at radius 1 is 1.20 bits per heavy atom. The molecule has 3 heteroatoms. The van der Waals surface area contributed by atoms with Crippen LogP contribution in [0, 0.1) is 0 Å². The summed E-state index contributed by atoms with van der Waals surface area (Å²) < 4.78 is 7.46. The molecule has 15 heavy (non-hydrogen) atoms. The van der Waals surface area contributed by atoms with Crippen LogP contribution in [0.2, 0.25) is 0 Å². The van der Waals surface area contributed by atoms with Gasteiger partial charge in [-0.3, -0.25) is 4.29 Å². The molecule has 0 aromatic heterocycles. The average Bonchev–Trinajstić information content (AvgIpc) is 2.92. The molecule has 0 heterocycles. The Kier molecular flexibility index (Phi) is 7.25. The van der Waals surface area contributed by atoms with Crippen molar-refractivity contribution in [3.05, 3.63) is 43.0 Å². The van der Waals surface area contributed by atoms with Crippen molar-refractivity contribution in [2.45, 2.75) is 19.8 Å². The Bertz CT molecular complexity index is 273. The number of hydrogen-bond acceptors (Lipinski definition) is 1. The van der Waals surface area contributed by atoms with E-state index < -0.39 is 0 Å². The van der Waals surface area contributed by atoms with E-state index in [-0.39, 0.29) is 23.2 Å². The predicted molar refractivity (Wildman–Crippen MR) is 61.2 cm³/mol. The van der Waals surface area contributed by atoms with Crippen LogP contribution in [0.5, 0.6) is 0 Å². The molecule has 0 amide bonds. The molecule has 0 aliphatic heterocycles. The molecular formula is C12H15ClOZr.